The van der Waals surface area contributed by atoms with Gasteiger partial charge in [-0.3, -0.25) is 0 Å². The van der Waals surface area contributed by atoms with Gasteiger partial charge in [-0.2, -0.15) is 0 Å². The summed E-state index contributed by atoms with van der Waals surface area (Å²) >= 11 is 0. The lowest BCUT2D eigenvalue weighted by molar-refractivity contribution is 0.660. The Morgan fingerprint density at radius 2 is 1.02 bits per heavy atom. The molecule has 4 nitrogen and oxygen atoms in total. The molecule has 0 fully saturated rings. The quantitative estimate of drug-likeness (QED) is 0.180. The predicted octanol–water partition coefficient (Wildman–Crippen LogP) is 14.6. The van der Waals surface area contributed by atoms with Crippen LogP contribution in [0.5, 0.6) is 0 Å². The molecule has 4 heteroatoms. The average Bonchev–Trinajstić information content (AvgIpc) is 3.95. The van der Waals surface area contributed by atoms with Gasteiger partial charge in [0.1, 0.15) is 11.2 Å². The van der Waals surface area contributed by atoms with E-state index in [4.69, 9.17) is 14.4 Å². The molecule has 2 aliphatic rings. The number of benzene rings is 8. The van der Waals surface area contributed by atoms with Crippen molar-refractivity contribution in [2.45, 2.75) is 38.5 Å². The topological polar surface area (TPSA) is 43.9 Å². The van der Waals surface area contributed by atoms with Crippen LogP contribution in [0.25, 0.3) is 105 Å². The van der Waals surface area contributed by atoms with E-state index in [0.717, 1.165) is 55.3 Å². The molecule has 13 rings (SSSR count). The predicted molar refractivity (Wildman–Crippen MR) is 247 cm³/mol. The van der Waals surface area contributed by atoms with Gasteiger partial charge in [-0.1, -0.05) is 137 Å². The fraction of sp³-hybridized carbons (Fsp3) is 0.107. The first-order valence-electron chi connectivity index (χ1n) is 20.9. The van der Waals surface area contributed by atoms with E-state index in [1.54, 1.807) is 0 Å². The van der Waals surface area contributed by atoms with Crippen molar-refractivity contribution in [3.05, 3.63) is 186 Å². The maximum absolute atomic E-state index is 6.80. The van der Waals surface area contributed by atoms with E-state index in [-0.39, 0.29) is 10.8 Å². The molecule has 2 aliphatic carbocycles. The van der Waals surface area contributed by atoms with Crippen LogP contribution in [0.1, 0.15) is 49.9 Å². The molecule has 0 saturated heterocycles. The molecule has 0 radical (unpaired) electrons. The van der Waals surface area contributed by atoms with Crippen molar-refractivity contribution >= 4 is 54.6 Å². The molecule has 3 aromatic heterocycles. The van der Waals surface area contributed by atoms with Crippen LogP contribution in [-0.2, 0) is 10.8 Å². The van der Waals surface area contributed by atoms with Gasteiger partial charge in [-0.05, 0) is 99.1 Å². The highest BCUT2D eigenvalue weighted by Crippen LogP contribution is 2.54. The fourth-order valence-electron chi connectivity index (χ4n) is 10.8. The zero-order chi connectivity index (χ0) is 40.1. The first kappa shape index (κ1) is 33.6. The molecule has 3 heterocycles. The Morgan fingerprint density at radius 1 is 0.433 bits per heavy atom. The summed E-state index contributed by atoms with van der Waals surface area (Å²) in [6, 6.07) is 59.4. The summed E-state index contributed by atoms with van der Waals surface area (Å²) < 4.78 is 9.30. The third-order valence-corrected chi connectivity index (χ3v) is 13.8. The minimum Gasteiger partial charge on any atom is -0.455 e. The van der Waals surface area contributed by atoms with E-state index in [2.05, 4.69) is 178 Å². The van der Waals surface area contributed by atoms with Gasteiger partial charge >= 0.3 is 0 Å². The Hall–Kier alpha value is -7.30. The molecular formula is C56H39N3O. The van der Waals surface area contributed by atoms with Crippen LogP contribution in [0.4, 0.5) is 0 Å². The lowest BCUT2D eigenvalue weighted by Crippen LogP contribution is -2.15. The van der Waals surface area contributed by atoms with Crippen molar-refractivity contribution < 1.29 is 4.42 Å². The molecule has 0 unspecified atom stereocenters. The zero-order valence-corrected chi connectivity index (χ0v) is 33.8. The van der Waals surface area contributed by atoms with Crippen molar-refractivity contribution in [3.63, 3.8) is 0 Å². The second-order valence-corrected chi connectivity index (χ2v) is 17.8. The molecule has 0 N–H and O–H groups in total. The summed E-state index contributed by atoms with van der Waals surface area (Å²) in [5.41, 5.74) is 19.5. The van der Waals surface area contributed by atoms with Gasteiger partial charge in [0.2, 0.25) is 0 Å². The lowest BCUT2D eigenvalue weighted by Gasteiger charge is -2.22. The van der Waals surface area contributed by atoms with E-state index >= 15 is 0 Å². The van der Waals surface area contributed by atoms with Crippen molar-refractivity contribution in [3.8, 4) is 50.6 Å². The van der Waals surface area contributed by atoms with Crippen LogP contribution in [0.2, 0.25) is 0 Å². The van der Waals surface area contributed by atoms with Crippen LogP contribution < -0.4 is 0 Å². The molecule has 11 aromatic rings. The number of aromatic nitrogens is 3. The highest BCUT2D eigenvalue weighted by atomic mass is 16.3. The number of furan rings is 1. The number of hydrogen-bond acceptors (Lipinski definition) is 3. The highest BCUT2D eigenvalue weighted by molar-refractivity contribution is 6.15. The van der Waals surface area contributed by atoms with Crippen LogP contribution in [-0.4, -0.2) is 14.5 Å². The van der Waals surface area contributed by atoms with Gasteiger partial charge in [-0.15, -0.1) is 0 Å². The SMILES string of the molecule is CC1(C)c2ccccc2-c2cc3c4cc5c(cc4n(-c4ccc6oc7c(-c8nc(-c9ccccc9)c9ccccc9n8)cccc7c6c4)c3cc21)C(C)(C)c1ccccc1-5. The van der Waals surface area contributed by atoms with Crippen LogP contribution >= 0.6 is 0 Å². The highest BCUT2D eigenvalue weighted by Gasteiger charge is 2.38. The summed E-state index contributed by atoms with van der Waals surface area (Å²) in [5.74, 6) is 0.648. The molecule has 284 valence electrons. The van der Waals surface area contributed by atoms with Crippen molar-refractivity contribution in [2.24, 2.45) is 0 Å². The molecule has 0 amide bonds. The second-order valence-electron chi connectivity index (χ2n) is 17.8. The van der Waals surface area contributed by atoms with Gasteiger partial charge in [0.25, 0.3) is 0 Å². The molecule has 0 bridgehead atoms. The van der Waals surface area contributed by atoms with Crippen LogP contribution in [0.3, 0.4) is 0 Å². The molecule has 0 aliphatic heterocycles. The van der Waals surface area contributed by atoms with E-state index < -0.39 is 0 Å². The lowest BCUT2D eigenvalue weighted by atomic mass is 9.82. The van der Waals surface area contributed by atoms with Gasteiger partial charge in [0.05, 0.1) is 27.8 Å². The summed E-state index contributed by atoms with van der Waals surface area (Å²) in [6.45, 7) is 9.48. The van der Waals surface area contributed by atoms with Gasteiger partial charge in [0, 0.05) is 49.0 Å². The van der Waals surface area contributed by atoms with Crippen LogP contribution in [0.15, 0.2) is 168 Å². The maximum Gasteiger partial charge on any atom is 0.164 e. The Balaban J connectivity index is 1.06. The zero-order valence-electron chi connectivity index (χ0n) is 33.8. The third-order valence-electron chi connectivity index (χ3n) is 13.8. The van der Waals surface area contributed by atoms with Gasteiger partial charge in [-0.25, -0.2) is 9.97 Å². The van der Waals surface area contributed by atoms with Gasteiger partial charge in [0.15, 0.2) is 5.82 Å². The average molecular weight is 770 g/mol. The molecular weight excluding hydrogens is 731 g/mol. The summed E-state index contributed by atoms with van der Waals surface area (Å²) in [6.07, 6.45) is 0. The van der Waals surface area contributed by atoms with Gasteiger partial charge < -0.3 is 8.98 Å². The normalized spacial score (nSPS) is 14.6. The maximum atomic E-state index is 6.80. The standard InChI is InChI=1S/C56H39N3O/c1-55(2)44-22-11-8-17-34(44)39-28-41-42-29-40-35-18-9-12-23-45(35)56(3,4)47(40)31-50(42)59(49(41)30-46(39)55)33-25-26-51-43(27-33)36-20-14-21-38(53(36)60-51)54-57-48-24-13-10-19-37(48)52(58-54)32-15-6-5-7-16-32/h5-31H,1-4H3. The number of para-hydroxylation sites is 2. The van der Waals surface area contributed by atoms with Crippen molar-refractivity contribution in [1.29, 1.82) is 0 Å². The first-order chi connectivity index (χ1) is 29.3. The Labute approximate surface area is 347 Å². The smallest absolute Gasteiger partial charge is 0.164 e. The Kier molecular flexibility index (Phi) is 6.55. The summed E-state index contributed by atoms with van der Waals surface area (Å²) in [7, 11) is 0. The summed E-state index contributed by atoms with van der Waals surface area (Å²) in [5, 5.41) is 5.66. The number of fused-ring (bicyclic) bond motifs is 13. The fourth-order valence-corrected chi connectivity index (χ4v) is 10.8. The molecule has 0 saturated carbocycles. The van der Waals surface area contributed by atoms with E-state index in [0.29, 0.717) is 5.82 Å². The Morgan fingerprint density at radius 3 is 1.70 bits per heavy atom. The monoisotopic (exact) mass is 769 g/mol. The summed E-state index contributed by atoms with van der Waals surface area (Å²) in [4.78, 5) is 10.3. The van der Waals surface area contributed by atoms with Crippen LogP contribution in [0, 0.1) is 0 Å². The first-order valence-corrected chi connectivity index (χ1v) is 20.9. The largest absolute Gasteiger partial charge is 0.455 e. The van der Waals surface area contributed by atoms with E-state index in [1.807, 2.05) is 18.2 Å². The second kappa shape index (κ2) is 11.7. The Bertz CT molecular complexity index is 3540. The number of nitrogens with zero attached hydrogens (tertiary/aromatic N) is 3. The number of hydrogen-bond donors (Lipinski definition) is 0. The van der Waals surface area contributed by atoms with Crippen molar-refractivity contribution in [1.82, 2.24) is 14.5 Å². The molecule has 0 spiro atoms. The minimum atomic E-state index is -0.129. The molecule has 8 aromatic carbocycles. The van der Waals surface area contributed by atoms with Crippen molar-refractivity contribution in [2.75, 3.05) is 0 Å². The molecule has 60 heavy (non-hydrogen) atoms. The van der Waals surface area contributed by atoms with E-state index in [9.17, 15) is 0 Å². The molecule has 0 atom stereocenters. The van der Waals surface area contributed by atoms with E-state index in [1.165, 1.54) is 66.3 Å². The minimum absolute atomic E-state index is 0.129. The number of rotatable bonds is 3. The third kappa shape index (κ3) is 4.40.